The van der Waals surface area contributed by atoms with Gasteiger partial charge in [-0.05, 0) is 5.56 Å². The summed E-state index contributed by atoms with van der Waals surface area (Å²) in [5.41, 5.74) is 0.964. The SMILES string of the molecule is O=C(Cc1ccccc1)NCCC(=O)NC1=NCCS1. The average Bonchev–Trinajstić information content (AvgIpc) is 2.92. The van der Waals surface area contributed by atoms with Gasteiger partial charge in [0.1, 0.15) is 0 Å². The second-order valence-electron chi connectivity index (χ2n) is 4.35. The van der Waals surface area contributed by atoms with Gasteiger partial charge in [-0.1, -0.05) is 42.1 Å². The Balaban J connectivity index is 1.62. The van der Waals surface area contributed by atoms with Crippen molar-refractivity contribution in [2.45, 2.75) is 12.8 Å². The number of nitrogens with zero attached hydrogens (tertiary/aromatic N) is 1. The first kappa shape index (κ1) is 14.6. The van der Waals surface area contributed by atoms with E-state index in [-0.39, 0.29) is 18.2 Å². The molecule has 106 valence electrons. The number of thioether (sulfide) groups is 1. The maximum atomic E-state index is 11.7. The van der Waals surface area contributed by atoms with Gasteiger partial charge in [-0.15, -0.1) is 0 Å². The molecule has 20 heavy (non-hydrogen) atoms. The molecule has 0 saturated heterocycles. The summed E-state index contributed by atoms with van der Waals surface area (Å²) in [6, 6.07) is 9.52. The number of nitrogens with one attached hydrogen (secondary N) is 2. The quantitative estimate of drug-likeness (QED) is 0.848. The highest BCUT2D eigenvalue weighted by atomic mass is 32.2. The van der Waals surface area contributed by atoms with E-state index in [0.29, 0.717) is 18.1 Å². The largest absolute Gasteiger partial charge is 0.355 e. The molecule has 0 unspecified atom stereocenters. The third kappa shape index (κ3) is 5.05. The molecule has 0 atom stereocenters. The van der Waals surface area contributed by atoms with Crippen molar-refractivity contribution in [2.75, 3.05) is 18.8 Å². The van der Waals surface area contributed by atoms with Crippen molar-refractivity contribution in [3.63, 3.8) is 0 Å². The summed E-state index contributed by atoms with van der Waals surface area (Å²) in [5.74, 6) is 0.735. The van der Waals surface area contributed by atoms with Gasteiger partial charge in [0.25, 0.3) is 0 Å². The first-order valence-electron chi connectivity index (χ1n) is 6.52. The van der Waals surface area contributed by atoms with Crippen LogP contribution in [0, 0.1) is 0 Å². The maximum absolute atomic E-state index is 11.7. The summed E-state index contributed by atoms with van der Waals surface area (Å²) in [5, 5.41) is 6.15. The fraction of sp³-hybridized carbons (Fsp3) is 0.357. The topological polar surface area (TPSA) is 70.6 Å². The van der Waals surface area contributed by atoms with Gasteiger partial charge in [0, 0.05) is 18.7 Å². The molecule has 1 aliphatic rings. The molecule has 0 aliphatic carbocycles. The Morgan fingerprint density at radius 1 is 1.20 bits per heavy atom. The van der Waals surface area contributed by atoms with Crippen LogP contribution in [0.15, 0.2) is 35.3 Å². The molecule has 1 aromatic carbocycles. The Hall–Kier alpha value is -1.82. The zero-order valence-electron chi connectivity index (χ0n) is 11.1. The predicted octanol–water partition coefficient (Wildman–Crippen LogP) is 0.954. The summed E-state index contributed by atoms with van der Waals surface area (Å²) < 4.78 is 0. The van der Waals surface area contributed by atoms with E-state index in [1.807, 2.05) is 30.3 Å². The number of benzene rings is 1. The highest BCUT2D eigenvalue weighted by molar-refractivity contribution is 8.14. The van der Waals surface area contributed by atoms with Gasteiger partial charge in [0.2, 0.25) is 11.8 Å². The van der Waals surface area contributed by atoms with Crippen LogP contribution in [0.4, 0.5) is 0 Å². The second kappa shape index (κ2) is 7.69. The molecule has 0 fully saturated rings. The van der Waals surface area contributed by atoms with E-state index in [4.69, 9.17) is 0 Å². The summed E-state index contributed by atoms with van der Waals surface area (Å²) in [6.07, 6.45) is 0.602. The van der Waals surface area contributed by atoms with E-state index in [9.17, 15) is 9.59 Å². The Morgan fingerprint density at radius 2 is 2.00 bits per heavy atom. The monoisotopic (exact) mass is 291 g/mol. The van der Waals surface area contributed by atoms with Crippen LogP contribution in [-0.2, 0) is 16.0 Å². The molecule has 5 nitrogen and oxygen atoms in total. The minimum Gasteiger partial charge on any atom is -0.355 e. The van der Waals surface area contributed by atoms with E-state index in [1.54, 1.807) is 11.8 Å². The number of hydrogen-bond acceptors (Lipinski definition) is 4. The molecule has 2 amide bonds. The Morgan fingerprint density at radius 3 is 2.70 bits per heavy atom. The molecular weight excluding hydrogens is 274 g/mol. The zero-order chi connectivity index (χ0) is 14.2. The fourth-order valence-corrected chi connectivity index (χ4v) is 2.50. The van der Waals surface area contributed by atoms with Gasteiger partial charge in [-0.3, -0.25) is 14.6 Å². The number of carbonyl (C=O) groups excluding carboxylic acids is 2. The van der Waals surface area contributed by atoms with E-state index < -0.39 is 0 Å². The first-order chi connectivity index (χ1) is 9.74. The van der Waals surface area contributed by atoms with Gasteiger partial charge in [-0.2, -0.15) is 0 Å². The van der Waals surface area contributed by atoms with Gasteiger partial charge in [-0.25, -0.2) is 0 Å². The number of rotatable bonds is 5. The van der Waals surface area contributed by atoms with Crippen LogP contribution in [0.1, 0.15) is 12.0 Å². The van der Waals surface area contributed by atoms with E-state index in [0.717, 1.165) is 17.9 Å². The summed E-state index contributed by atoms with van der Waals surface area (Å²) >= 11 is 1.54. The molecule has 0 spiro atoms. The van der Waals surface area contributed by atoms with Crippen molar-refractivity contribution in [3.8, 4) is 0 Å². The number of amides is 2. The zero-order valence-corrected chi connectivity index (χ0v) is 11.9. The fourth-order valence-electron chi connectivity index (χ4n) is 1.75. The lowest BCUT2D eigenvalue weighted by molar-refractivity contribution is -0.121. The highest BCUT2D eigenvalue weighted by Gasteiger charge is 2.11. The first-order valence-corrected chi connectivity index (χ1v) is 7.50. The summed E-state index contributed by atoms with van der Waals surface area (Å²) in [6.45, 7) is 1.10. The van der Waals surface area contributed by atoms with Crippen molar-refractivity contribution in [3.05, 3.63) is 35.9 Å². The van der Waals surface area contributed by atoms with Crippen LogP contribution in [-0.4, -0.2) is 35.8 Å². The smallest absolute Gasteiger partial charge is 0.227 e. The van der Waals surface area contributed by atoms with Gasteiger partial charge < -0.3 is 10.6 Å². The van der Waals surface area contributed by atoms with Crippen molar-refractivity contribution in [1.29, 1.82) is 0 Å². The van der Waals surface area contributed by atoms with Gasteiger partial charge in [0.05, 0.1) is 13.0 Å². The van der Waals surface area contributed by atoms with Crippen LogP contribution >= 0.6 is 11.8 Å². The van der Waals surface area contributed by atoms with Crippen LogP contribution in [0.5, 0.6) is 0 Å². The van der Waals surface area contributed by atoms with Crippen LogP contribution in [0.2, 0.25) is 0 Å². The molecule has 0 bridgehead atoms. The minimum atomic E-state index is -0.113. The molecular formula is C14H17N3O2S. The average molecular weight is 291 g/mol. The molecule has 0 aromatic heterocycles. The lowest BCUT2D eigenvalue weighted by Crippen LogP contribution is -2.33. The van der Waals surface area contributed by atoms with Crippen LogP contribution in [0.25, 0.3) is 0 Å². The number of carbonyl (C=O) groups is 2. The molecule has 2 N–H and O–H groups in total. The maximum Gasteiger partial charge on any atom is 0.227 e. The standard InChI is InChI=1S/C14H17N3O2S/c18-12(17-14-16-8-9-20-14)6-7-15-13(19)10-11-4-2-1-3-5-11/h1-5H,6-10H2,(H,15,19)(H,16,17,18). The minimum absolute atomic E-state index is 0.0726. The second-order valence-corrected chi connectivity index (χ2v) is 5.43. The lowest BCUT2D eigenvalue weighted by Gasteiger charge is -2.06. The van der Waals surface area contributed by atoms with Gasteiger partial charge in [0.15, 0.2) is 5.17 Å². The molecule has 1 aliphatic heterocycles. The molecule has 0 saturated carbocycles. The molecule has 1 aromatic rings. The number of aliphatic imine (C=N–C) groups is 1. The summed E-state index contributed by atoms with van der Waals surface area (Å²) in [7, 11) is 0. The molecule has 6 heteroatoms. The third-order valence-electron chi connectivity index (χ3n) is 2.71. The Kier molecular flexibility index (Phi) is 5.61. The Labute approximate surface area is 122 Å². The van der Waals surface area contributed by atoms with E-state index in [2.05, 4.69) is 15.6 Å². The van der Waals surface area contributed by atoms with Crippen molar-refractivity contribution < 1.29 is 9.59 Å². The van der Waals surface area contributed by atoms with E-state index >= 15 is 0 Å². The van der Waals surface area contributed by atoms with Crippen molar-refractivity contribution >= 4 is 28.7 Å². The van der Waals surface area contributed by atoms with E-state index in [1.165, 1.54) is 0 Å². The van der Waals surface area contributed by atoms with Gasteiger partial charge >= 0.3 is 0 Å². The molecule has 0 radical (unpaired) electrons. The molecule has 2 rings (SSSR count). The number of amidine groups is 1. The van der Waals surface area contributed by atoms with Crippen molar-refractivity contribution in [1.82, 2.24) is 10.6 Å². The normalized spacial score (nSPS) is 13.7. The Bertz CT molecular complexity index is 502. The lowest BCUT2D eigenvalue weighted by atomic mass is 10.1. The highest BCUT2D eigenvalue weighted by Crippen LogP contribution is 2.08. The van der Waals surface area contributed by atoms with Crippen LogP contribution in [0.3, 0.4) is 0 Å². The summed E-state index contributed by atoms with van der Waals surface area (Å²) in [4.78, 5) is 27.4. The van der Waals surface area contributed by atoms with Crippen molar-refractivity contribution in [2.24, 2.45) is 4.99 Å². The predicted molar refractivity (Wildman–Crippen MR) is 80.7 cm³/mol. The number of hydrogen-bond donors (Lipinski definition) is 2. The van der Waals surface area contributed by atoms with Crippen LogP contribution < -0.4 is 10.6 Å². The molecule has 1 heterocycles. The third-order valence-corrected chi connectivity index (χ3v) is 3.60.